The quantitative estimate of drug-likeness (QED) is 0.760. The minimum absolute atomic E-state index is 0.333. The van der Waals surface area contributed by atoms with Gasteiger partial charge in [0.2, 0.25) is 0 Å². The summed E-state index contributed by atoms with van der Waals surface area (Å²) in [6.07, 6.45) is 0. The lowest BCUT2D eigenvalue weighted by Gasteiger charge is -2.07. The molecule has 1 heterocycles. The zero-order valence-corrected chi connectivity index (χ0v) is 13.2. The molecule has 3 nitrogen and oxygen atoms in total. The molecule has 0 saturated heterocycles. The van der Waals surface area contributed by atoms with Crippen LogP contribution in [0.4, 0.5) is 4.39 Å². The molecule has 2 N–H and O–H groups in total. The van der Waals surface area contributed by atoms with Gasteiger partial charge in [0, 0.05) is 10.0 Å². The molecule has 1 aromatic heterocycles. The molecule has 0 fully saturated rings. The average molecular weight is 364 g/mol. The summed E-state index contributed by atoms with van der Waals surface area (Å²) in [6.45, 7) is 0. The predicted molar refractivity (Wildman–Crippen MR) is 85.5 cm³/mol. The van der Waals surface area contributed by atoms with Crippen LogP contribution in [-0.4, -0.2) is 10.2 Å². The molecule has 0 radical (unpaired) electrons. The third kappa shape index (κ3) is 3.02. The van der Waals surface area contributed by atoms with Crippen molar-refractivity contribution in [1.82, 2.24) is 10.2 Å². The zero-order valence-electron chi connectivity index (χ0n) is 10.8. The normalized spacial score (nSPS) is 12.3. The highest BCUT2D eigenvalue weighted by atomic mass is 79.9. The number of nitrogens with zero attached hydrogens (tertiary/aromatic N) is 2. The summed E-state index contributed by atoms with van der Waals surface area (Å²) >= 11 is 4.54. The van der Waals surface area contributed by atoms with Crippen molar-refractivity contribution in [1.29, 1.82) is 0 Å². The molecule has 6 heteroatoms. The summed E-state index contributed by atoms with van der Waals surface area (Å²) in [5.41, 5.74) is 7.56. The van der Waals surface area contributed by atoms with Crippen molar-refractivity contribution in [3.63, 3.8) is 0 Å². The van der Waals surface area contributed by atoms with Crippen LogP contribution in [0.1, 0.15) is 16.6 Å². The Morgan fingerprint density at radius 1 is 1.10 bits per heavy atom. The highest BCUT2D eigenvalue weighted by Gasteiger charge is 2.17. The Hall–Kier alpha value is -1.63. The van der Waals surface area contributed by atoms with Gasteiger partial charge in [-0.1, -0.05) is 57.6 Å². The molecule has 106 valence electrons. The van der Waals surface area contributed by atoms with Crippen LogP contribution in [-0.2, 0) is 0 Å². The maximum atomic E-state index is 13.9. The zero-order chi connectivity index (χ0) is 14.8. The first-order chi connectivity index (χ1) is 10.1. The number of hydrogen-bond donors (Lipinski definition) is 1. The molecule has 1 unspecified atom stereocenters. The first-order valence-electron chi connectivity index (χ1n) is 6.24. The molecule has 0 spiro atoms. The van der Waals surface area contributed by atoms with Crippen molar-refractivity contribution in [3.05, 3.63) is 69.4 Å². The lowest BCUT2D eigenvalue weighted by molar-refractivity contribution is 0.630. The molecule has 0 bridgehead atoms. The van der Waals surface area contributed by atoms with E-state index in [0.717, 1.165) is 5.56 Å². The Morgan fingerprint density at radius 2 is 1.86 bits per heavy atom. The molecule has 1 atom stereocenters. The van der Waals surface area contributed by atoms with Crippen LogP contribution in [0.2, 0.25) is 0 Å². The first kappa shape index (κ1) is 14.3. The van der Waals surface area contributed by atoms with Crippen LogP contribution < -0.4 is 5.73 Å². The molecule has 3 aromatic rings. The van der Waals surface area contributed by atoms with E-state index in [0.29, 0.717) is 20.1 Å². The minimum atomic E-state index is -0.351. The molecule has 0 aliphatic heterocycles. The van der Waals surface area contributed by atoms with Crippen molar-refractivity contribution >= 4 is 27.3 Å². The molecule has 0 saturated carbocycles. The second-order valence-corrected chi connectivity index (χ2v) is 6.38. The van der Waals surface area contributed by atoms with Gasteiger partial charge in [0.15, 0.2) is 5.01 Å². The number of halogens is 2. The first-order valence-corrected chi connectivity index (χ1v) is 7.85. The predicted octanol–water partition coefficient (Wildman–Crippen LogP) is 4.15. The van der Waals surface area contributed by atoms with Gasteiger partial charge in [0.05, 0.1) is 6.04 Å². The van der Waals surface area contributed by atoms with Gasteiger partial charge >= 0.3 is 0 Å². The number of hydrogen-bond acceptors (Lipinski definition) is 4. The van der Waals surface area contributed by atoms with Gasteiger partial charge in [-0.25, -0.2) is 4.39 Å². The van der Waals surface area contributed by atoms with Crippen molar-refractivity contribution < 1.29 is 4.39 Å². The Morgan fingerprint density at radius 3 is 2.57 bits per heavy atom. The Labute approximate surface area is 133 Å². The number of rotatable bonds is 3. The summed E-state index contributed by atoms with van der Waals surface area (Å²) < 4.78 is 14.6. The van der Waals surface area contributed by atoms with Gasteiger partial charge < -0.3 is 5.73 Å². The second-order valence-electron chi connectivity index (χ2n) is 4.46. The fourth-order valence-electron chi connectivity index (χ4n) is 1.93. The Balaban J connectivity index is 1.93. The van der Waals surface area contributed by atoms with Crippen molar-refractivity contribution in [3.8, 4) is 10.6 Å². The number of nitrogens with two attached hydrogens (primary N) is 1. The van der Waals surface area contributed by atoms with Crippen LogP contribution in [0.25, 0.3) is 10.6 Å². The third-order valence-electron chi connectivity index (χ3n) is 3.03. The van der Waals surface area contributed by atoms with Crippen molar-refractivity contribution in [2.45, 2.75) is 6.04 Å². The summed E-state index contributed by atoms with van der Waals surface area (Å²) in [5, 5.41) is 9.35. The average Bonchev–Trinajstić information content (AvgIpc) is 2.97. The van der Waals surface area contributed by atoms with E-state index in [-0.39, 0.29) is 11.9 Å². The van der Waals surface area contributed by atoms with Crippen LogP contribution in [0, 0.1) is 5.82 Å². The van der Waals surface area contributed by atoms with Gasteiger partial charge in [-0.15, -0.1) is 10.2 Å². The molecule has 21 heavy (non-hydrogen) atoms. The maximum Gasteiger partial charge on any atom is 0.150 e. The lowest BCUT2D eigenvalue weighted by Crippen LogP contribution is -2.11. The lowest BCUT2D eigenvalue weighted by atomic mass is 10.1. The van der Waals surface area contributed by atoms with E-state index in [2.05, 4.69) is 26.1 Å². The summed E-state index contributed by atoms with van der Waals surface area (Å²) in [7, 11) is 0. The van der Waals surface area contributed by atoms with Gasteiger partial charge in [0.1, 0.15) is 10.8 Å². The molecule has 0 aliphatic rings. The smallest absolute Gasteiger partial charge is 0.150 e. The highest BCUT2D eigenvalue weighted by molar-refractivity contribution is 9.10. The standard InChI is InChI=1S/C15H11BrFN3S/c16-10-6-7-11(12(17)8-10)14-19-20-15(21-14)13(18)9-4-2-1-3-5-9/h1-8,13H,18H2. The van der Waals surface area contributed by atoms with E-state index < -0.39 is 0 Å². The van der Waals surface area contributed by atoms with Crippen molar-refractivity contribution in [2.24, 2.45) is 5.73 Å². The fraction of sp³-hybridized carbons (Fsp3) is 0.0667. The van der Waals surface area contributed by atoms with Crippen molar-refractivity contribution in [2.75, 3.05) is 0 Å². The highest BCUT2D eigenvalue weighted by Crippen LogP contribution is 2.31. The van der Waals surface area contributed by atoms with Crippen LogP contribution >= 0.6 is 27.3 Å². The summed E-state index contributed by atoms with van der Waals surface area (Å²) in [6, 6.07) is 14.2. The monoisotopic (exact) mass is 363 g/mol. The van der Waals surface area contributed by atoms with E-state index in [1.54, 1.807) is 12.1 Å². The van der Waals surface area contributed by atoms with Gasteiger partial charge in [-0.3, -0.25) is 0 Å². The van der Waals surface area contributed by atoms with E-state index in [4.69, 9.17) is 5.73 Å². The molecule has 0 aliphatic carbocycles. The van der Waals surface area contributed by atoms with E-state index >= 15 is 0 Å². The number of benzene rings is 2. The summed E-state index contributed by atoms with van der Waals surface area (Å²) in [4.78, 5) is 0. The van der Waals surface area contributed by atoms with Crippen LogP contribution in [0.3, 0.4) is 0 Å². The molecular formula is C15H11BrFN3S. The van der Waals surface area contributed by atoms with Crippen LogP contribution in [0.5, 0.6) is 0 Å². The summed E-state index contributed by atoms with van der Waals surface area (Å²) in [5.74, 6) is -0.333. The Kier molecular flexibility index (Phi) is 4.10. The van der Waals surface area contributed by atoms with Crippen LogP contribution in [0.15, 0.2) is 53.0 Å². The maximum absolute atomic E-state index is 13.9. The Bertz CT molecular complexity index is 761. The minimum Gasteiger partial charge on any atom is -0.318 e. The van der Waals surface area contributed by atoms with Gasteiger partial charge in [0.25, 0.3) is 0 Å². The SMILES string of the molecule is NC(c1ccccc1)c1nnc(-c2ccc(Br)cc2F)s1. The number of aromatic nitrogens is 2. The van der Waals surface area contributed by atoms with Gasteiger partial charge in [-0.2, -0.15) is 0 Å². The molecule has 0 amide bonds. The van der Waals surface area contributed by atoms with Gasteiger partial charge in [-0.05, 0) is 23.8 Å². The third-order valence-corrected chi connectivity index (χ3v) is 4.56. The molecular weight excluding hydrogens is 353 g/mol. The molecule has 2 aromatic carbocycles. The van der Waals surface area contributed by atoms with E-state index in [1.807, 2.05) is 30.3 Å². The van der Waals surface area contributed by atoms with E-state index in [9.17, 15) is 4.39 Å². The second kappa shape index (κ2) is 6.01. The fourth-order valence-corrected chi connectivity index (χ4v) is 3.17. The topological polar surface area (TPSA) is 51.8 Å². The molecule has 3 rings (SSSR count). The largest absolute Gasteiger partial charge is 0.318 e. The van der Waals surface area contributed by atoms with E-state index in [1.165, 1.54) is 17.4 Å².